The van der Waals surface area contributed by atoms with Gasteiger partial charge >= 0.3 is 0 Å². The first-order chi connectivity index (χ1) is 13.8. The van der Waals surface area contributed by atoms with Crippen molar-refractivity contribution in [3.63, 3.8) is 0 Å². The van der Waals surface area contributed by atoms with Gasteiger partial charge in [0.15, 0.2) is 0 Å². The molecule has 148 valence electrons. The van der Waals surface area contributed by atoms with Crippen molar-refractivity contribution in [2.75, 3.05) is 33.9 Å². The highest BCUT2D eigenvalue weighted by atomic mass is 16.5. The summed E-state index contributed by atoms with van der Waals surface area (Å²) in [6.07, 6.45) is 2.71. The van der Waals surface area contributed by atoms with Crippen LogP contribution < -0.4 is 9.47 Å². The molecule has 28 heavy (non-hydrogen) atoms. The third-order valence-electron chi connectivity index (χ3n) is 7.18. The molecule has 0 spiro atoms. The van der Waals surface area contributed by atoms with Gasteiger partial charge in [0.2, 0.25) is 0 Å². The number of fused-ring (bicyclic) bond motifs is 2. The minimum Gasteiger partial charge on any atom is -0.497 e. The Morgan fingerprint density at radius 3 is 2.04 bits per heavy atom. The van der Waals surface area contributed by atoms with Crippen molar-refractivity contribution in [3.05, 3.63) is 59.7 Å². The summed E-state index contributed by atoms with van der Waals surface area (Å²) in [4.78, 5) is 5.53. The molecule has 6 rings (SSSR count). The molecule has 2 aromatic rings. The number of methoxy groups -OCH3 is 2. The SMILES string of the molecule is COc1ccc(CN2C[C@H](c3ccc(OC)cc3)[C@H]3[C@@H]2C2CCN3CC2)cc1. The molecule has 2 bridgehead atoms. The Labute approximate surface area is 168 Å². The normalized spacial score (nSPS) is 31.6. The van der Waals surface area contributed by atoms with Gasteiger partial charge in [0.1, 0.15) is 11.5 Å². The Bertz CT molecular complexity index is 796. The lowest BCUT2D eigenvalue weighted by atomic mass is 9.75. The van der Waals surface area contributed by atoms with Gasteiger partial charge in [-0.2, -0.15) is 0 Å². The Hall–Kier alpha value is -2.04. The molecule has 4 heterocycles. The van der Waals surface area contributed by atoms with Crippen LogP contribution in [0.3, 0.4) is 0 Å². The van der Waals surface area contributed by atoms with Gasteiger partial charge in [-0.05, 0) is 67.2 Å². The molecule has 0 aromatic heterocycles. The van der Waals surface area contributed by atoms with Gasteiger partial charge in [-0.25, -0.2) is 0 Å². The maximum atomic E-state index is 5.38. The zero-order chi connectivity index (χ0) is 19.1. The summed E-state index contributed by atoms with van der Waals surface area (Å²) in [5.41, 5.74) is 2.84. The lowest BCUT2D eigenvalue weighted by Gasteiger charge is -2.51. The van der Waals surface area contributed by atoms with Gasteiger partial charge in [0, 0.05) is 31.1 Å². The molecule has 4 aliphatic rings. The van der Waals surface area contributed by atoms with Crippen molar-refractivity contribution >= 4 is 0 Å². The van der Waals surface area contributed by atoms with Crippen LogP contribution in [0.2, 0.25) is 0 Å². The van der Waals surface area contributed by atoms with Gasteiger partial charge in [0.25, 0.3) is 0 Å². The fourth-order valence-electron chi connectivity index (χ4n) is 5.83. The van der Waals surface area contributed by atoms with E-state index in [9.17, 15) is 0 Å². The van der Waals surface area contributed by atoms with Gasteiger partial charge in [-0.1, -0.05) is 24.3 Å². The van der Waals surface area contributed by atoms with E-state index in [1.807, 2.05) is 0 Å². The third-order valence-corrected chi connectivity index (χ3v) is 7.18. The maximum Gasteiger partial charge on any atom is 0.118 e. The number of nitrogens with zero attached hydrogens (tertiary/aromatic N) is 2. The Morgan fingerprint density at radius 2 is 1.43 bits per heavy atom. The highest BCUT2D eigenvalue weighted by molar-refractivity contribution is 5.33. The molecule has 4 aliphatic heterocycles. The predicted octanol–water partition coefficient (Wildman–Crippen LogP) is 3.77. The van der Waals surface area contributed by atoms with E-state index in [1.165, 1.54) is 37.1 Å². The molecule has 2 aromatic carbocycles. The lowest BCUT2D eigenvalue weighted by Crippen LogP contribution is -2.59. The van der Waals surface area contributed by atoms with Crippen molar-refractivity contribution in [1.82, 2.24) is 9.80 Å². The number of piperidine rings is 3. The average molecular weight is 379 g/mol. The standard InChI is InChI=1S/C24H30N2O2/c1-27-20-7-3-17(4-8-20)15-26-16-22(18-5-9-21(28-2)10-6-18)24-23(26)19-11-13-25(24)14-12-19/h3-10,19,22-24H,11-16H2,1-2H3/t22-,23+,24+/m1/s1. The largest absolute Gasteiger partial charge is 0.497 e. The smallest absolute Gasteiger partial charge is 0.118 e. The molecule has 0 unspecified atom stereocenters. The van der Waals surface area contributed by atoms with Crippen molar-refractivity contribution in [2.24, 2.45) is 5.92 Å². The summed E-state index contributed by atoms with van der Waals surface area (Å²) in [5, 5.41) is 0. The van der Waals surface area contributed by atoms with Gasteiger partial charge in [-0.15, -0.1) is 0 Å². The van der Waals surface area contributed by atoms with Crippen LogP contribution in [0.4, 0.5) is 0 Å². The predicted molar refractivity (Wildman–Crippen MR) is 111 cm³/mol. The number of hydrogen-bond acceptors (Lipinski definition) is 4. The van der Waals surface area contributed by atoms with Crippen LogP contribution in [0.5, 0.6) is 11.5 Å². The first-order valence-corrected chi connectivity index (χ1v) is 10.5. The van der Waals surface area contributed by atoms with Crippen molar-refractivity contribution in [1.29, 1.82) is 0 Å². The molecular formula is C24H30N2O2. The summed E-state index contributed by atoms with van der Waals surface area (Å²) in [6.45, 7) is 4.71. The lowest BCUT2D eigenvalue weighted by molar-refractivity contribution is -0.00869. The molecule has 4 nitrogen and oxygen atoms in total. The molecule has 4 heteroatoms. The van der Waals surface area contributed by atoms with Gasteiger partial charge < -0.3 is 9.47 Å². The van der Waals surface area contributed by atoms with Gasteiger partial charge in [0.05, 0.1) is 14.2 Å². The van der Waals surface area contributed by atoms with Crippen LogP contribution in [0.1, 0.15) is 29.9 Å². The highest BCUT2D eigenvalue weighted by Crippen LogP contribution is 2.47. The minimum atomic E-state index is 0.581. The number of ether oxygens (including phenoxy) is 2. The topological polar surface area (TPSA) is 24.9 Å². The number of benzene rings is 2. The molecule has 0 saturated carbocycles. The van der Waals surface area contributed by atoms with Crippen LogP contribution in [0, 0.1) is 5.92 Å². The van der Waals surface area contributed by atoms with Crippen molar-refractivity contribution in [2.45, 2.75) is 37.4 Å². The van der Waals surface area contributed by atoms with E-state index in [2.05, 4.69) is 58.3 Å². The molecule has 3 atom stereocenters. The van der Waals surface area contributed by atoms with Crippen molar-refractivity contribution < 1.29 is 9.47 Å². The maximum absolute atomic E-state index is 5.38. The molecule has 0 aliphatic carbocycles. The molecule has 4 saturated heterocycles. The number of hydrogen-bond donors (Lipinski definition) is 0. The van der Waals surface area contributed by atoms with E-state index < -0.39 is 0 Å². The molecular weight excluding hydrogens is 348 g/mol. The summed E-state index contributed by atoms with van der Waals surface area (Å²) < 4.78 is 10.7. The Morgan fingerprint density at radius 1 is 0.821 bits per heavy atom. The quantitative estimate of drug-likeness (QED) is 0.791. The van der Waals surface area contributed by atoms with Gasteiger partial charge in [-0.3, -0.25) is 9.80 Å². The van der Waals surface area contributed by atoms with E-state index >= 15 is 0 Å². The first-order valence-electron chi connectivity index (χ1n) is 10.5. The van der Waals surface area contributed by atoms with E-state index in [-0.39, 0.29) is 0 Å². The number of rotatable bonds is 5. The van der Waals surface area contributed by atoms with Crippen LogP contribution in [-0.2, 0) is 6.54 Å². The third kappa shape index (κ3) is 3.09. The van der Waals surface area contributed by atoms with E-state index in [0.29, 0.717) is 18.0 Å². The van der Waals surface area contributed by atoms with Crippen LogP contribution in [0.15, 0.2) is 48.5 Å². The number of likely N-dealkylation sites (tertiary alicyclic amines) is 1. The summed E-state index contributed by atoms with van der Waals surface area (Å²) in [7, 11) is 3.47. The summed E-state index contributed by atoms with van der Waals surface area (Å²) in [6, 6.07) is 18.7. The fourth-order valence-corrected chi connectivity index (χ4v) is 5.83. The Balaban J connectivity index is 1.42. The highest BCUT2D eigenvalue weighted by Gasteiger charge is 2.53. The second kappa shape index (κ2) is 7.41. The second-order valence-electron chi connectivity index (χ2n) is 8.51. The van der Waals surface area contributed by atoms with Crippen molar-refractivity contribution in [3.8, 4) is 11.5 Å². The zero-order valence-corrected chi connectivity index (χ0v) is 16.9. The Kier molecular flexibility index (Phi) is 4.77. The van der Waals surface area contributed by atoms with Crippen LogP contribution in [0.25, 0.3) is 0 Å². The molecule has 0 radical (unpaired) electrons. The van der Waals surface area contributed by atoms with E-state index in [4.69, 9.17) is 9.47 Å². The monoisotopic (exact) mass is 378 g/mol. The van der Waals surface area contributed by atoms with E-state index in [0.717, 1.165) is 30.5 Å². The summed E-state index contributed by atoms with van der Waals surface area (Å²) >= 11 is 0. The van der Waals surface area contributed by atoms with Crippen LogP contribution in [-0.4, -0.2) is 55.7 Å². The molecule has 0 amide bonds. The summed E-state index contributed by atoms with van der Waals surface area (Å²) in [5.74, 6) is 3.30. The minimum absolute atomic E-state index is 0.581. The first kappa shape index (κ1) is 18.0. The molecule has 4 fully saturated rings. The molecule has 0 N–H and O–H groups in total. The fraction of sp³-hybridized carbons (Fsp3) is 0.500. The zero-order valence-electron chi connectivity index (χ0n) is 16.9. The average Bonchev–Trinajstić information content (AvgIpc) is 3.17. The van der Waals surface area contributed by atoms with E-state index in [1.54, 1.807) is 14.2 Å². The second-order valence-corrected chi connectivity index (χ2v) is 8.51. The van der Waals surface area contributed by atoms with Crippen LogP contribution >= 0.6 is 0 Å².